The van der Waals surface area contributed by atoms with Gasteiger partial charge in [0.05, 0.1) is 18.0 Å². The molecule has 0 amide bonds. The highest BCUT2D eigenvalue weighted by Gasteiger charge is 2.21. The number of benzene rings is 1. The number of methoxy groups -OCH3 is 1. The molecule has 1 aromatic carbocycles. The van der Waals surface area contributed by atoms with Crippen LogP contribution in [-0.2, 0) is 14.8 Å². The molecule has 5 nitrogen and oxygen atoms in total. The molecular formula is C12H20N2O3S. The second kappa shape index (κ2) is 7.35. The average molecular weight is 272 g/mol. The van der Waals surface area contributed by atoms with Crippen LogP contribution in [0.25, 0.3) is 0 Å². The van der Waals surface area contributed by atoms with Gasteiger partial charge in [0, 0.05) is 13.7 Å². The number of nitrogens with zero attached hydrogens (tertiary/aromatic N) is 1. The number of ether oxygens (including phenoxy) is 1. The van der Waals surface area contributed by atoms with Crippen molar-refractivity contribution in [3.8, 4) is 0 Å². The van der Waals surface area contributed by atoms with E-state index in [1.54, 1.807) is 12.1 Å². The maximum Gasteiger partial charge on any atom is 0.237 e. The third kappa shape index (κ3) is 4.29. The summed E-state index contributed by atoms with van der Waals surface area (Å²) in [5, 5.41) is 0. The van der Waals surface area contributed by atoms with Gasteiger partial charge < -0.3 is 10.5 Å². The van der Waals surface area contributed by atoms with Gasteiger partial charge in [-0.2, -0.15) is 0 Å². The minimum atomic E-state index is -3.36. The Morgan fingerprint density at radius 3 is 2.50 bits per heavy atom. The summed E-state index contributed by atoms with van der Waals surface area (Å²) in [5.74, 6) is -0.0248. The van der Waals surface area contributed by atoms with Gasteiger partial charge in [-0.25, -0.2) is 8.42 Å². The molecule has 0 saturated heterocycles. The van der Waals surface area contributed by atoms with Gasteiger partial charge in [0.15, 0.2) is 0 Å². The van der Waals surface area contributed by atoms with Crippen LogP contribution in [0.4, 0.5) is 5.69 Å². The van der Waals surface area contributed by atoms with Crippen molar-refractivity contribution in [1.29, 1.82) is 0 Å². The lowest BCUT2D eigenvalue weighted by molar-refractivity contribution is 0.217. The molecule has 2 N–H and O–H groups in total. The van der Waals surface area contributed by atoms with Gasteiger partial charge in [0.2, 0.25) is 10.0 Å². The molecule has 0 saturated carbocycles. The van der Waals surface area contributed by atoms with Gasteiger partial charge in [-0.1, -0.05) is 18.2 Å². The van der Waals surface area contributed by atoms with Crippen LogP contribution >= 0.6 is 0 Å². The van der Waals surface area contributed by atoms with Gasteiger partial charge in [-0.05, 0) is 25.1 Å². The molecule has 0 fully saturated rings. The summed E-state index contributed by atoms with van der Waals surface area (Å²) < 4.78 is 30.6. The highest BCUT2D eigenvalue weighted by atomic mass is 32.2. The Bertz CT molecular complexity index is 434. The molecule has 0 radical (unpaired) electrons. The lowest BCUT2D eigenvalue weighted by atomic mass is 10.3. The van der Waals surface area contributed by atoms with E-state index in [2.05, 4.69) is 0 Å². The minimum absolute atomic E-state index is 0.0248. The van der Waals surface area contributed by atoms with Crippen molar-refractivity contribution >= 4 is 15.7 Å². The quantitative estimate of drug-likeness (QED) is 0.760. The van der Waals surface area contributed by atoms with E-state index in [4.69, 9.17) is 10.5 Å². The highest BCUT2D eigenvalue weighted by Crippen LogP contribution is 2.18. The van der Waals surface area contributed by atoms with Gasteiger partial charge in [-0.15, -0.1) is 0 Å². The second-order valence-corrected chi connectivity index (χ2v) is 5.87. The monoisotopic (exact) mass is 272 g/mol. The molecule has 0 aliphatic heterocycles. The first-order chi connectivity index (χ1) is 8.61. The first-order valence-electron chi connectivity index (χ1n) is 5.86. The molecule has 18 heavy (non-hydrogen) atoms. The smallest absolute Gasteiger partial charge is 0.237 e. The third-order valence-electron chi connectivity index (χ3n) is 2.49. The van der Waals surface area contributed by atoms with Crippen LogP contribution in [0.3, 0.4) is 0 Å². The van der Waals surface area contributed by atoms with Gasteiger partial charge in [0.25, 0.3) is 0 Å². The molecular weight excluding hydrogens is 252 g/mol. The maximum atomic E-state index is 12.2. The van der Waals surface area contributed by atoms with Crippen molar-refractivity contribution in [2.45, 2.75) is 6.42 Å². The molecule has 0 aromatic heterocycles. The predicted molar refractivity (Wildman–Crippen MR) is 73.1 cm³/mol. The number of nitrogens with two attached hydrogens (primary N) is 1. The molecule has 1 aromatic rings. The average Bonchev–Trinajstić information content (AvgIpc) is 2.38. The topological polar surface area (TPSA) is 72.6 Å². The standard InChI is InChI=1S/C12H20N2O3S/c1-17-10-11-18(15,16)14(9-5-8-13)12-6-3-2-4-7-12/h2-4,6-7H,5,8-11,13H2,1H3. The number of anilines is 1. The summed E-state index contributed by atoms with van der Waals surface area (Å²) in [6.45, 7) is 1.05. The zero-order valence-electron chi connectivity index (χ0n) is 10.6. The lowest BCUT2D eigenvalue weighted by Gasteiger charge is -2.24. The van der Waals surface area contributed by atoms with Gasteiger partial charge >= 0.3 is 0 Å². The van der Waals surface area contributed by atoms with Crippen molar-refractivity contribution < 1.29 is 13.2 Å². The molecule has 0 heterocycles. The van der Waals surface area contributed by atoms with Crippen molar-refractivity contribution in [2.75, 3.05) is 36.9 Å². The second-order valence-electron chi connectivity index (χ2n) is 3.86. The molecule has 0 aliphatic rings. The largest absolute Gasteiger partial charge is 0.384 e. The van der Waals surface area contributed by atoms with E-state index >= 15 is 0 Å². The summed E-state index contributed by atoms with van der Waals surface area (Å²) in [7, 11) is -1.87. The van der Waals surface area contributed by atoms with Crippen molar-refractivity contribution in [2.24, 2.45) is 5.73 Å². The molecule has 0 spiro atoms. The fourth-order valence-electron chi connectivity index (χ4n) is 1.56. The summed E-state index contributed by atoms with van der Waals surface area (Å²) in [6, 6.07) is 9.04. The Balaban J connectivity index is 2.91. The van der Waals surface area contributed by atoms with Crippen LogP contribution in [0.15, 0.2) is 30.3 Å². The minimum Gasteiger partial charge on any atom is -0.384 e. The third-order valence-corrected chi connectivity index (χ3v) is 4.24. The van der Waals surface area contributed by atoms with Crippen molar-refractivity contribution in [3.63, 3.8) is 0 Å². The summed E-state index contributed by atoms with van der Waals surface area (Å²) in [5.41, 5.74) is 6.12. The lowest BCUT2D eigenvalue weighted by Crippen LogP contribution is -2.35. The summed E-state index contributed by atoms with van der Waals surface area (Å²) in [6.07, 6.45) is 0.626. The fraction of sp³-hybridized carbons (Fsp3) is 0.500. The van der Waals surface area contributed by atoms with E-state index in [-0.39, 0.29) is 12.4 Å². The van der Waals surface area contributed by atoms with Crippen LogP contribution in [-0.4, -0.2) is 41.0 Å². The van der Waals surface area contributed by atoms with Crippen LogP contribution in [0, 0.1) is 0 Å². The Kier molecular flexibility index (Phi) is 6.11. The van der Waals surface area contributed by atoms with Crippen molar-refractivity contribution in [1.82, 2.24) is 0 Å². The SMILES string of the molecule is COCCS(=O)(=O)N(CCCN)c1ccccc1. The number of sulfonamides is 1. The number of rotatable bonds is 8. The Morgan fingerprint density at radius 2 is 1.94 bits per heavy atom. The molecule has 0 unspecified atom stereocenters. The highest BCUT2D eigenvalue weighted by molar-refractivity contribution is 7.92. The van der Waals surface area contributed by atoms with E-state index in [0.717, 1.165) is 0 Å². The fourth-order valence-corrected chi connectivity index (χ4v) is 3.00. The normalized spacial score (nSPS) is 11.4. The molecule has 0 aliphatic carbocycles. The molecule has 102 valence electrons. The van der Waals surface area contributed by atoms with E-state index in [1.807, 2.05) is 18.2 Å². The zero-order valence-corrected chi connectivity index (χ0v) is 11.4. The van der Waals surface area contributed by atoms with E-state index in [0.29, 0.717) is 25.2 Å². The van der Waals surface area contributed by atoms with Crippen LogP contribution < -0.4 is 10.0 Å². The maximum absolute atomic E-state index is 12.2. The number of para-hydroxylation sites is 1. The van der Waals surface area contributed by atoms with Crippen molar-refractivity contribution in [3.05, 3.63) is 30.3 Å². The van der Waals surface area contributed by atoms with Gasteiger partial charge in [0.1, 0.15) is 0 Å². The molecule has 0 bridgehead atoms. The van der Waals surface area contributed by atoms with E-state index < -0.39 is 10.0 Å². The van der Waals surface area contributed by atoms with Crippen LogP contribution in [0.1, 0.15) is 6.42 Å². The number of hydrogen-bond donors (Lipinski definition) is 1. The Hall–Kier alpha value is -1.11. The molecule has 6 heteroatoms. The van der Waals surface area contributed by atoms with Crippen LogP contribution in [0.2, 0.25) is 0 Å². The Morgan fingerprint density at radius 1 is 1.28 bits per heavy atom. The molecule has 1 rings (SSSR count). The van der Waals surface area contributed by atoms with E-state index in [9.17, 15) is 8.42 Å². The van der Waals surface area contributed by atoms with E-state index in [1.165, 1.54) is 11.4 Å². The Labute approximate surface area is 109 Å². The first-order valence-corrected chi connectivity index (χ1v) is 7.47. The van der Waals surface area contributed by atoms with Gasteiger partial charge in [-0.3, -0.25) is 4.31 Å². The zero-order chi connectivity index (χ0) is 13.4. The summed E-state index contributed by atoms with van der Waals surface area (Å²) >= 11 is 0. The first kappa shape index (κ1) is 14.9. The molecule has 0 atom stereocenters. The number of hydrogen-bond acceptors (Lipinski definition) is 4. The summed E-state index contributed by atoms with van der Waals surface area (Å²) in [4.78, 5) is 0. The van der Waals surface area contributed by atoms with Crippen LogP contribution in [0.5, 0.6) is 0 Å². The predicted octanol–water partition coefficient (Wildman–Crippen LogP) is 0.818.